The van der Waals surface area contributed by atoms with E-state index in [1.807, 2.05) is 13.2 Å². The number of hydrogen-bond acceptors (Lipinski definition) is 6. The molecule has 2 N–H and O–H groups in total. The predicted molar refractivity (Wildman–Crippen MR) is 129 cm³/mol. The standard InChI is InChI=1S/C23H26Cl2N6O/c1-14(32)7-15-3-5-19(6-4-15)28-22-21(16-11-27-31(2)13-16)12-26-23(30-22)29-20-9-17(24)8-18(25)10-20/h8-13,15,19H,3-7H2,1-2H3,(H2,26,28,29,30). The van der Waals surface area contributed by atoms with E-state index in [0.29, 0.717) is 34.0 Å². The molecule has 1 saturated carbocycles. The second-order valence-electron chi connectivity index (χ2n) is 8.41. The van der Waals surface area contributed by atoms with E-state index >= 15 is 0 Å². The third-order valence-corrected chi connectivity index (χ3v) is 6.12. The number of halogens is 2. The van der Waals surface area contributed by atoms with Crippen LogP contribution in [0.25, 0.3) is 11.1 Å². The molecule has 1 aromatic carbocycles. The highest BCUT2D eigenvalue weighted by Gasteiger charge is 2.23. The van der Waals surface area contributed by atoms with Crippen molar-refractivity contribution in [3.05, 3.63) is 46.8 Å². The quantitative estimate of drug-likeness (QED) is 0.446. The maximum atomic E-state index is 11.5. The second kappa shape index (κ2) is 9.88. The van der Waals surface area contributed by atoms with Gasteiger partial charge in [-0.2, -0.15) is 10.1 Å². The molecule has 1 fully saturated rings. The van der Waals surface area contributed by atoms with E-state index in [4.69, 9.17) is 28.2 Å². The minimum absolute atomic E-state index is 0.271. The number of anilines is 3. The van der Waals surface area contributed by atoms with Crippen LogP contribution in [0.15, 0.2) is 36.8 Å². The van der Waals surface area contributed by atoms with E-state index in [-0.39, 0.29) is 11.8 Å². The van der Waals surface area contributed by atoms with Gasteiger partial charge in [0, 0.05) is 58.8 Å². The summed E-state index contributed by atoms with van der Waals surface area (Å²) in [6, 6.07) is 5.51. The van der Waals surface area contributed by atoms with E-state index in [9.17, 15) is 4.79 Å². The number of Topliss-reactive ketones (excluding diaryl/α,β-unsaturated/α-hetero) is 1. The lowest BCUT2D eigenvalue weighted by atomic mass is 9.83. The third kappa shape index (κ3) is 5.78. The highest BCUT2D eigenvalue weighted by atomic mass is 35.5. The number of carbonyl (C=O) groups excluding carboxylic acids is 1. The van der Waals surface area contributed by atoms with Crippen molar-refractivity contribution < 1.29 is 4.79 Å². The number of aromatic nitrogens is 4. The molecule has 1 aliphatic carbocycles. The van der Waals surface area contributed by atoms with Crippen LogP contribution in [0.3, 0.4) is 0 Å². The largest absolute Gasteiger partial charge is 0.367 e. The lowest BCUT2D eigenvalue weighted by Gasteiger charge is -2.29. The molecule has 0 bridgehead atoms. The van der Waals surface area contributed by atoms with Crippen LogP contribution < -0.4 is 10.6 Å². The van der Waals surface area contributed by atoms with Crippen LogP contribution in [-0.2, 0) is 11.8 Å². The van der Waals surface area contributed by atoms with Crippen molar-refractivity contribution in [2.24, 2.45) is 13.0 Å². The van der Waals surface area contributed by atoms with Gasteiger partial charge in [0.15, 0.2) is 0 Å². The first kappa shape index (κ1) is 22.6. The highest BCUT2D eigenvalue weighted by molar-refractivity contribution is 6.35. The molecule has 168 valence electrons. The van der Waals surface area contributed by atoms with Crippen LogP contribution >= 0.6 is 23.2 Å². The Morgan fingerprint density at radius 3 is 2.47 bits per heavy atom. The summed E-state index contributed by atoms with van der Waals surface area (Å²) in [7, 11) is 1.88. The van der Waals surface area contributed by atoms with Crippen molar-refractivity contribution in [3.8, 4) is 11.1 Å². The van der Waals surface area contributed by atoms with Crippen molar-refractivity contribution in [1.29, 1.82) is 0 Å². The Hall–Kier alpha value is -2.64. The molecule has 4 rings (SSSR count). The molecular formula is C23H26Cl2N6O. The number of ketones is 1. The first-order chi connectivity index (χ1) is 15.4. The topological polar surface area (TPSA) is 84.7 Å². The number of carbonyl (C=O) groups is 1. The predicted octanol–water partition coefficient (Wildman–Crippen LogP) is 5.88. The summed E-state index contributed by atoms with van der Waals surface area (Å²) in [5, 5.41) is 12.2. The fourth-order valence-corrected chi connectivity index (χ4v) is 4.72. The van der Waals surface area contributed by atoms with Crippen molar-refractivity contribution in [2.75, 3.05) is 10.6 Å². The molecule has 0 spiro atoms. The van der Waals surface area contributed by atoms with Gasteiger partial charge in [0.2, 0.25) is 5.95 Å². The zero-order chi connectivity index (χ0) is 22.7. The molecule has 1 aliphatic rings. The number of nitrogens with zero attached hydrogens (tertiary/aromatic N) is 4. The van der Waals surface area contributed by atoms with Crippen molar-refractivity contribution in [1.82, 2.24) is 19.7 Å². The average Bonchev–Trinajstić information content (AvgIpc) is 3.14. The Labute approximate surface area is 197 Å². The van der Waals surface area contributed by atoms with E-state index < -0.39 is 0 Å². The molecular weight excluding hydrogens is 447 g/mol. The van der Waals surface area contributed by atoms with E-state index in [1.54, 1.807) is 42.2 Å². The van der Waals surface area contributed by atoms with Gasteiger partial charge >= 0.3 is 0 Å². The number of aryl methyl sites for hydroxylation is 1. The summed E-state index contributed by atoms with van der Waals surface area (Å²) in [5.74, 6) is 1.95. The van der Waals surface area contributed by atoms with Gasteiger partial charge in [-0.1, -0.05) is 23.2 Å². The zero-order valence-electron chi connectivity index (χ0n) is 18.1. The van der Waals surface area contributed by atoms with Gasteiger partial charge in [0.1, 0.15) is 11.6 Å². The van der Waals surface area contributed by atoms with Gasteiger partial charge in [-0.25, -0.2) is 4.98 Å². The molecule has 0 amide bonds. The lowest BCUT2D eigenvalue weighted by Crippen LogP contribution is -2.27. The Bertz CT molecular complexity index is 1090. The molecule has 0 aliphatic heterocycles. The van der Waals surface area contributed by atoms with Gasteiger partial charge in [0.05, 0.1) is 6.20 Å². The molecule has 2 heterocycles. The first-order valence-electron chi connectivity index (χ1n) is 10.7. The molecule has 32 heavy (non-hydrogen) atoms. The SMILES string of the molecule is CC(=O)CC1CCC(Nc2nc(Nc3cc(Cl)cc(Cl)c3)ncc2-c2cnn(C)c2)CC1. The Morgan fingerprint density at radius 2 is 1.84 bits per heavy atom. The number of nitrogens with one attached hydrogen (secondary N) is 2. The minimum atomic E-state index is 0.271. The maximum absolute atomic E-state index is 11.5. The molecule has 3 aromatic rings. The Kier molecular flexibility index (Phi) is 6.96. The molecule has 2 aromatic heterocycles. The van der Waals surface area contributed by atoms with Crippen LogP contribution in [0.4, 0.5) is 17.5 Å². The fraction of sp³-hybridized carbons (Fsp3) is 0.391. The van der Waals surface area contributed by atoms with Gasteiger partial charge in [0.25, 0.3) is 0 Å². The van der Waals surface area contributed by atoms with Crippen LogP contribution in [0.5, 0.6) is 0 Å². The monoisotopic (exact) mass is 472 g/mol. The third-order valence-electron chi connectivity index (χ3n) is 5.69. The van der Waals surface area contributed by atoms with Crippen LogP contribution in [-0.4, -0.2) is 31.6 Å². The summed E-state index contributed by atoms with van der Waals surface area (Å²) < 4.78 is 1.76. The Morgan fingerprint density at radius 1 is 1.12 bits per heavy atom. The summed E-state index contributed by atoms with van der Waals surface area (Å²) in [4.78, 5) is 20.7. The van der Waals surface area contributed by atoms with Crippen molar-refractivity contribution >= 4 is 46.4 Å². The Balaban J connectivity index is 1.56. The average molecular weight is 473 g/mol. The molecule has 7 nitrogen and oxygen atoms in total. The lowest BCUT2D eigenvalue weighted by molar-refractivity contribution is -0.118. The summed E-state index contributed by atoms with van der Waals surface area (Å²) in [5.41, 5.74) is 2.54. The number of benzene rings is 1. The molecule has 0 atom stereocenters. The number of hydrogen-bond donors (Lipinski definition) is 2. The van der Waals surface area contributed by atoms with Gasteiger partial charge in [-0.3, -0.25) is 4.68 Å². The summed E-state index contributed by atoms with van der Waals surface area (Å²) in [6.07, 6.45) is 10.3. The minimum Gasteiger partial charge on any atom is -0.367 e. The normalized spacial score (nSPS) is 18.4. The highest BCUT2D eigenvalue weighted by Crippen LogP contribution is 2.33. The molecule has 0 radical (unpaired) electrons. The van der Waals surface area contributed by atoms with Crippen LogP contribution in [0, 0.1) is 5.92 Å². The van der Waals surface area contributed by atoms with Gasteiger partial charge in [-0.15, -0.1) is 0 Å². The van der Waals surface area contributed by atoms with E-state index in [1.165, 1.54) is 0 Å². The zero-order valence-corrected chi connectivity index (χ0v) is 19.6. The summed E-state index contributed by atoms with van der Waals surface area (Å²) >= 11 is 12.2. The summed E-state index contributed by atoms with van der Waals surface area (Å²) in [6.45, 7) is 1.67. The smallest absolute Gasteiger partial charge is 0.229 e. The van der Waals surface area contributed by atoms with E-state index in [2.05, 4.69) is 20.7 Å². The first-order valence-corrected chi connectivity index (χ1v) is 11.5. The van der Waals surface area contributed by atoms with Crippen molar-refractivity contribution in [2.45, 2.75) is 45.1 Å². The van der Waals surface area contributed by atoms with Gasteiger partial charge in [-0.05, 0) is 56.7 Å². The van der Waals surface area contributed by atoms with Crippen LogP contribution in [0.2, 0.25) is 10.0 Å². The van der Waals surface area contributed by atoms with Crippen LogP contribution in [0.1, 0.15) is 39.0 Å². The molecule has 0 saturated heterocycles. The van der Waals surface area contributed by atoms with E-state index in [0.717, 1.165) is 42.6 Å². The maximum Gasteiger partial charge on any atom is 0.229 e. The molecule has 9 heteroatoms. The molecule has 0 unspecified atom stereocenters. The second-order valence-corrected chi connectivity index (χ2v) is 9.28. The fourth-order valence-electron chi connectivity index (χ4n) is 4.19. The van der Waals surface area contributed by atoms with Crippen molar-refractivity contribution in [3.63, 3.8) is 0 Å². The number of rotatable bonds is 7. The van der Waals surface area contributed by atoms with Gasteiger partial charge < -0.3 is 15.4 Å².